The van der Waals surface area contributed by atoms with Gasteiger partial charge in [0.15, 0.2) is 11.5 Å². The minimum Gasteiger partial charge on any atom is -0.366 e. The van der Waals surface area contributed by atoms with E-state index in [1.54, 1.807) is 18.5 Å². The Morgan fingerprint density at radius 2 is 1.95 bits per heavy atom. The molecule has 0 spiro atoms. The van der Waals surface area contributed by atoms with Crippen molar-refractivity contribution in [1.82, 2.24) is 24.8 Å². The van der Waals surface area contributed by atoms with Gasteiger partial charge in [-0.25, -0.2) is 19.3 Å². The van der Waals surface area contributed by atoms with E-state index in [0.717, 1.165) is 11.1 Å². The standard InChI is InChI=1S/C15H17FN6/c1-22(2)12(10-3-5-11(16)6-4-10)7-17-14-13-15(19-8-18-13)21-9-20-14/h3-6,8-9,12H,7H2,1-2H3,(H2,17,18,19,20,21)/t12-/m0/s1. The molecule has 3 aromatic rings. The average molecular weight is 300 g/mol. The highest BCUT2D eigenvalue weighted by Gasteiger charge is 2.15. The maximum absolute atomic E-state index is 13.1. The van der Waals surface area contributed by atoms with Crippen molar-refractivity contribution in [2.24, 2.45) is 0 Å². The summed E-state index contributed by atoms with van der Waals surface area (Å²) in [6.07, 6.45) is 3.07. The molecule has 0 amide bonds. The SMILES string of the molecule is CN(C)[C@@H](CNc1ncnc2nc[nH]c12)c1ccc(F)cc1. The molecular formula is C15H17FN6. The van der Waals surface area contributed by atoms with Gasteiger partial charge in [-0.1, -0.05) is 12.1 Å². The Labute approximate surface area is 127 Å². The number of fused-ring (bicyclic) bond motifs is 1. The number of nitrogens with one attached hydrogen (secondary N) is 2. The van der Waals surface area contributed by atoms with Crippen LogP contribution in [0.5, 0.6) is 0 Å². The number of hydrogen-bond donors (Lipinski definition) is 2. The van der Waals surface area contributed by atoms with Gasteiger partial charge in [0.25, 0.3) is 0 Å². The second kappa shape index (κ2) is 6.07. The van der Waals surface area contributed by atoms with Crippen LogP contribution in [0.4, 0.5) is 10.2 Å². The maximum atomic E-state index is 13.1. The molecule has 0 fully saturated rings. The Morgan fingerprint density at radius 3 is 2.68 bits per heavy atom. The van der Waals surface area contributed by atoms with Crippen LogP contribution in [0.3, 0.4) is 0 Å². The molecule has 0 saturated heterocycles. The minimum absolute atomic E-state index is 0.0912. The fourth-order valence-corrected chi connectivity index (χ4v) is 2.38. The van der Waals surface area contributed by atoms with Gasteiger partial charge >= 0.3 is 0 Å². The van der Waals surface area contributed by atoms with Gasteiger partial charge in [-0.05, 0) is 31.8 Å². The van der Waals surface area contributed by atoms with Crippen molar-refractivity contribution in [1.29, 1.82) is 0 Å². The maximum Gasteiger partial charge on any atom is 0.182 e. The van der Waals surface area contributed by atoms with Gasteiger partial charge in [0.2, 0.25) is 0 Å². The number of imidazole rings is 1. The molecule has 1 aromatic carbocycles. The molecule has 22 heavy (non-hydrogen) atoms. The number of anilines is 1. The molecule has 7 heteroatoms. The first-order chi connectivity index (χ1) is 10.6. The van der Waals surface area contributed by atoms with Crippen molar-refractivity contribution in [2.45, 2.75) is 6.04 Å². The summed E-state index contributed by atoms with van der Waals surface area (Å²) in [7, 11) is 3.98. The molecule has 6 nitrogen and oxygen atoms in total. The number of halogens is 1. The molecule has 0 unspecified atom stereocenters. The van der Waals surface area contributed by atoms with Crippen LogP contribution in [0.2, 0.25) is 0 Å². The van der Waals surface area contributed by atoms with Gasteiger partial charge in [0.1, 0.15) is 17.7 Å². The van der Waals surface area contributed by atoms with Crippen molar-refractivity contribution in [3.63, 3.8) is 0 Å². The van der Waals surface area contributed by atoms with Gasteiger partial charge in [-0.15, -0.1) is 0 Å². The fourth-order valence-electron chi connectivity index (χ4n) is 2.38. The summed E-state index contributed by atoms with van der Waals surface area (Å²) in [6, 6.07) is 6.64. The monoisotopic (exact) mass is 300 g/mol. The molecule has 0 saturated carbocycles. The number of benzene rings is 1. The van der Waals surface area contributed by atoms with E-state index in [-0.39, 0.29) is 11.9 Å². The van der Waals surface area contributed by atoms with Gasteiger partial charge in [-0.2, -0.15) is 0 Å². The largest absolute Gasteiger partial charge is 0.366 e. The smallest absolute Gasteiger partial charge is 0.182 e. The van der Waals surface area contributed by atoms with Crippen LogP contribution in [-0.4, -0.2) is 45.5 Å². The molecule has 0 aliphatic carbocycles. The van der Waals surface area contributed by atoms with E-state index in [2.05, 4.69) is 30.2 Å². The first kappa shape index (κ1) is 14.4. The van der Waals surface area contributed by atoms with Crippen LogP contribution in [-0.2, 0) is 0 Å². The summed E-state index contributed by atoms with van der Waals surface area (Å²) in [6.45, 7) is 0.629. The predicted octanol–water partition coefficient (Wildman–Crippen LogP) is 2.21. The molecule has 114 valence electrons. The number of aromatic amines is 1. The van der Waals surface area contributed by atoms with E-state index in [9.17, 15) is 4.39 Å². The lowest BCUT2D eigenvalue weighted by Crippen LogP contribution is -2.27. The van der Waals surface area contributed by atoms with E-state index in [1.807, 2.05) is 14.1 Å². The summed E-state index contributed by atoms with van der Waals surface area (Å²) in [5, 5.41) is 3.31. The molecule has 0 aliphatic rings. The lowest BCUT2D eigenvalue weighted by Gasteiger charge is -2.25. The summed E-state index contributed by atoms with van der Waals surface area (Å²) in [4.78, 5) is 17.5. The first-order valence-electron chi connectivity index (χ1n) is 6.95. The molecule has 2 N–H and O–H groups in total. The number of aromatic nitrogens is 4. The third kappa shape index (κ3) is 2.89. The average Bonchev–Trinajstić information content (AvgIpc) is 2.98. The zero-order valence-corrected chi connectivity index (χ0v) is 12.4. The molecule has 0 aliphatic heterocycles. The molecule has 0 radical (unpaired) electrons. The van der Waals surface area contributed by atoms with Gasteiger partial charge in [-0.3, -0.25) is 0 Å². The number of likely N-dealkylation sites (N-methyl/N-ethyl adjacent to an activating group) is 1. The summed E-state index contributed by atoms with van der Waals surface area (Å²) >= 11 is 0. The number of H-pyrrole nitrogens is 1. The topological polar surface area (TPSA) is 69.7 Å². The zero-order chi connectivity index (χ0) is 15.5. The highest BCUT2D eigenvalue weighted by atomic mass is 19.1. The Balaban J connectivity index is 1.80. The van der Waals surface area contributed by atoms with E-state index < -0.39 is 0 Å². The predicted molar refractivity (Wildman–Crippen MR) is 83.0 cm³/mol. The van der Waals surface area contributed by atoms with Crippen LogP contribution in [0.15, 0.2) is 36.9 Å². The van der Waals surface area contributed by atoms with Crippen LogP contribution in [0.25, 0.3) is 11.2 Å². The molecule has 0 bridgehead atoms. The van der Waals surface area contributed by atoms with E-state index in [1.165, 1.54) is 18.5 Å². The van der Waals surface area contributed by atoms with Gasteiger partial charge in [0, 0.05) is 6.54 Å². The Morgan fingerprint density at radius 1 is 1.18 bits per heavy atom. The summed E-state index contributed by atoms with van der Waals surface area (Å²) in [5.74, 6) is 0.473. The highest BCUT2D eigenvalue weighted by molar-refractivity contribution is 5.81. The van der Waals surface area contributed by atoms with Gasteiger partial charge < -0.3 is 15.2 Å². The Kier molecular flexibility index (Phi) is 3.97. The van der Waals surface area contributed by atoms with E-state index in [0.29, 0.717) is 18.0 Å². The zero-order valence-electron chi connectivity index (χ0n) is 12.4. The molecule has 2 heterocycles. The minimum atomic E-state index is -0.232. The van der Waals surface area contributed by atoms with Crippen molar-refractivity contribution >= 4 is 17.0 Å². The van der Waals surface area contributed by atoms with Crippen molar-refractivity contribution in [3.8, 4) is 0 Å². The lowest BCUT2D eigenvalue weighted by atomic mass is 10.1. The second-order valence-electron chi connectivity index (χ2n) is 5.24. The first-order valence-corrected chi connectivity index (χ1v) is 6.95. The summed E-state index contributed by atoms with van der Waals surface area (Å²) < 4.78 is 13.1. The van der Waals surface area contributed by atoms with Gasteiger partial charge in [0.05, 0.1) is 12.4 Å². The van der Waals surface area contributed by atoms with Crippen LogP contribution >= 0.6 is 0 Å². The van der Waals surface area contributed by atoms with E-state index in [4.69, 9.17) is 0 Å². The number of hydrogen-bond acceptors (Lipinski definition) is 5. The molecule has 2 aromatic heterocycles. The van der Waals surface area contributed by atoms with Crippen LogP contribution in [0.1, 0.15) is 11.6 Å². The van der Waals surface area contributed by atoms with Crippen LogP contribution in [0, 0.1) is 5.82 Å². The number of nitrogens with zero attached hydrogens (tertiary/aromatic N) is 4. The molecule has 3 rings (SSSR count). The third-order valence-corrected chi connectivity index (χ3v) is 3.56. The Bertz CT molecular complexity index is 752. The lowest BCUT2D eigenvalue weighted by molar-refractivity contribution is 0.311. The normalized spacial score (nSPS) is 12.7. The second-order valence-corrected chi connectivity index (χ2v) is 5.24. The molecular weight excluding hydrogens is 283 g/mol. The third-order valence-electron chi connectivity index (χ3n) is 3.56. The van der Waals surface area contributed by atoms with Crippen molar-refractivity contribution in [2.75, 3.05) is 26.0 Å². The fraction of sp³-hybridized carbons (Fsp3) is 0.267. The van der Waals surface area contributed by atoms with Crippen molar-refractivity contribution in [3.05, 3.63) is 48.3 Å². The van der Waals surface area contributed by atoms with E-state index >= 15 is 0 Å². The summed E-state index contributed by atoms with van der Waals surface area (Å²) in [5.41, 5.74) is 2.44. The molecule has 1 atom stereocenters. The number of rotatable bonds is 5. The van der Waals surface area contributed by atoms with Crippen molar-refractivity contribution < 1.29 is 4.39 Å². The highest BCUT2D eigenvalue weighted by Crippen LogP contribution is 2.21. The Hall–Kier alpha value is -2.54. The van der Waals surface area contributed by atoms with Crippen LogP contribution < -0.4 is 5.32 Å². The quantitative estimate of drug-likeness (QED) is 0.756.